The molecule has 46 heavy (non-hydrogen) atoms. The summed E-state index contributed by atoms with van der Waals surface area (Å²) in [6.07, 6.45) is 1.62. The first-order valence-electron chi connectivity index (χ1n) is 15.6. The molecule has 0 aromatic carbocycles. The van der Waals surface area contributed by atoms with Crippen LogP contribution in [0.4, 0.5) is 0 Å². The number of allylic oxidation sites excluding steroid dienone is 2. The zero-order valence-electron chi connectivity index (χ0n) is 27.2. The molecule has 1 amide bonds. The lowest BCUT2D eigenvalue weighted by Gasteiger charge is -2.44. The van der Waals surface area contributed by atoms with Crippen LogP contribution in [0.3, 0.4) is 0 Å². The Kier molecular flexibility index (Phi) is 11.4. The number of aromatic nitrogens is 3. The first-order chi connectivity index (χ1) is 21.7. The maximum Gasteiger partial charge on any atom is 0.303 e. The van der Waals surface area contributed by atoms with Crippen molar-refractivity contribution in [2.24, 2.45) is 23.7 Å². The quantitative estimate of drug-likeness (QED) is 0.171. The molecule has 0 radical (unpaired) electrons. The first-order valence-corrected chi connectivity index (χ1v) is 15.6. The van der Waals surface area contributed by atoms with Crippen molar-refractivity contribution in [3.05, 3.63) is 35.7 Å². The fourth-order valence-electron chi connectivity index (χ4n) is 6.85. The van der Waals surface area contributed by atoms with Gasteiger partial charge in [-0.1, -0.05) is 30.4 Å². The highest BCUT2D eigenvalue weighted by molar-refractivity contribution is 5.93. The van der Waals surface area contributed by atoms with Crippen LogP contribution in [0.15, 0.2) is 30.0 Å². The zero-order valence-corrected chi connectivity index (χ0v) is 27.2. The maximum atomic E-state index is 13.3. The van der Waals surface area contributed by atoms with Crippen LogP contribution in [0.25, 0.3) is 0 Å². The van der Waals surface area contributed by atoms with E-state index in [1.54, 1.807) is 0 Å². The highest BCUT2D eigenvalue weighted by Gasteiger charge is 2.53. The average Bonchev–Trinajstić information content (AvgIpc) is 3.45. The molecule has 0 spiro atoms. The lowest BCUT2D eigenvalue weighted by molar-refractivity contribution is -0.270. The van der Waals surface area contributed by atoms with Gasteiger partial charge in [0.2, 0.25) is 5.91 Å². The maximum absolute atomic E-state index is 13.3. The van der Waals surface area contributed by atoms with Gasteiger partial charge in [-0.05, 0) is 56.3 Å². The minimum absolute atomic E-state index is 0.0230. The van der Waals surface area contributed by atoms with Crippen molar-refractivity contribution in [3.63, 3.8) is 0 Å². The van der Waals surface area contributed by atoms with E-state index >= 15 is 0 Å². The van der Waals surface area contributed by atoms with Crippen LogP contribution in [-0.4, -0.2) is 75.8 Å². The predicted molar refractivity (Wildman–Crippen MR) is 160 cm³/mol. The van der Waals surface area contributed by atoms with Crippen molar-refractivity contribution in [2.45, 2.75) is 104 Å². The van der Waals surface area contributed by atoms with Crippen molar-refractivity contribution in [3.8, 4) is 0 Å². The second kappa shape index (κ2) is 15.0. The van der Waals surface area contributed by atoms with Gasteiger partial charge in [-0.2, -0.15) is 0 Å². The summed E-state index contributed by atoms with van der Waals surface area (Å²) in [4.78, 5) is 61.1. The number of rotatable bonds is 10. The number of carbonyl (C=O) groups is 5. The summed E-state index contributed by atoms with van der Waals surface area (Å²) in [6.45, 7) is 12.9. The molecule has 14 heteroatoms. The summed E-state index contributed by atoms with van der Waals surface area (Å²) in [6, 6.07) is 0. The van der Waals surface area contributed by atoms with Crippen LogP contribution in [0, 0.1) is 23.7 Å². The summed E-state index contributed by atoms with van der Waals surface area (Å²) in [5.41, 5.74) is 2.25. The number of hydrogen-bond acceptors (Lipinski definition) is 12. The largest absolute Gasteiger partial charge is 0.463 e. The molecule has 2 aliphatic carbocycles. The van der Waals surface area contributed by atoms with Gasteiger partial charge in [-0.25, -0.2) is 4.68 Å². The molecule has 14 nitrogen and oxygen atoms in total. The molecule has 2 fully saturated rings. The normalized spacial score (nSPS) is 30.6. The molecule has 1 saturated heterocycles. The molecule has 2 heterocycles. The molecule has 9 atom stereocenters. The van der Waals surface area contributed by atoms with Gasteiger partial charge in [-0.3, -0.25) is 24.0 Å². The third kappa shape index (κ3) is 8.39. The van der Waals surface area contributed by atoms with E-state index in [0.29, 0.717) is 29.0 Å². The first kappa shape index (κ1) is 34.8. The van der Waals surface area contributed by atoms with Gasteiger partial charge in [0.1, 0.15) is 18.4 Å². The predicted octanol–water partition coefficient (Wildman–Crippen LogP) is 2.72. The molecular weight excluding hydrogens is 600 g/mol. The summed E-state index contributed by atoms with van der Waals surface area (Å²) < 4.78 is 28.9. The Balaban J connectivity index is 1.52. The molecule has 3 aliphatic rings. The molecule has 1 saturated carbocycles. The number of esters is 4. The van der Waals surface area contributed by atoms with Crippen LogP contribution in [0.5, 0.6) is 0 Å². The van der Waals surface area contributed by atoms with E-state index in [9.17, 15) is 24.0 Å². The Hall–Kier alpha value is -4.07. The lowest BCUT2D eigenvalue weighted by atomic mass is 9.61. The zero-order chi connectivity index (χ0) is 33.7. The van der Waals surface area contributed by atoms with E-state index in [1.807, 2.05) is 0 Å². The molecule has 4 rings (SSSR count). The monoisotopic (exact) mass is 644 g/mol. The number of fused-ring (bicyclic) bond motifs is 1. The third-order valence-corrected chi connectivity index (χ3v) is 8.93. The van der Waals surface area contributed by atoms with E-state index in [1.165, 1.54) is 23.4 Å². The van der Waals surface area contributed by atoms with E-state index in [-0.39, 0.29) is 25.0 Å². The van der Waals surface area contributed by atoms with Crippen molar-refractivity contribution in [1.29, 1.82) is 0 Å². The fourth-order valence-corrected chi connectivity index (χ4v) is 6.85. The lowest BCUT2D eigenvalue weighted by Crippen LogP contribution is -2.60. The van der Waals surface area contributed by atoms with Crippen molar-refractivity contribution in [2.75, 3.05) is 6.61 Å². The molecule has 1 aromatic rings. The van der Waals surface area contributed by atoms with Crippen molar-refractivity contribution >= 4 is 29.8 Å². The third-order valence-electron chi connectivity index (χ3n) is 8.93. The smallest absolute Gasteiger partial charge is 0.303 e. The van der Waals surface area contributed by atoms with Crippen molar-refractivity contribution < 1.29 is 47.7 Å². The Morgan fingerprint density at radius 1 is 0.957 bits per heavy atom. The van der Waals surface area contributed by atoms with Gasteiger partial charge >= 0.3 is 23.9 Å². The van der Waals surface area contributed by atoms with Crippen LogP contribution < -0.4 is 5.32 Å². The van der Waals surface area contributed by atoms with Gasteiger partial charge in [0.15, 0.2) is 24.5 Å². The SMILES string of the molecule is C=C(C(=O)NCc1cn([C@@H]2O[C@H](COC(C)=O)[C@@H](OC(C)=O)[C@H](OC(C)=O)[C@H]2OC(C)=O)nn1)[C@@H]1CC[C@@H](C)[C@@H]2CCC(C)=C[C@@H]21. The second-order valence-corrected chi connectivity index (χ2v) is 12.4. The van der Waals surface area contributed by atoms with Gasteiger partial charge < -0.3 is 29.0 Å². The van der Waals surface area contributed by atoms with E-state index in [4.69, 9.17) is 23.7 Å². The van der Waals surface area contributed by atoms with Crippen LogP contribution in [-0.2, 0) is 54.2 Å². The van der Waals surface area contributed by atoms with Gasteiger partial charge in [-0.15, -0.1) is 5.10 Å². The summed E-state index contributed by atoms with van der Waals surface area (Å²) >= 11 is 0. The van der Waals surface area contributed by atoms with Gasteiger partial charge in [0, 0.05) is 33.3 Å². The standard InChI is InChI=1S/C32H44N4O10/c1-16-8-10-24-17(2)9-11-25(26(24)12-16)18(3)31(41)33-13-23-14-36(35-34-23)32-30(45-22(7)40)29(44-21(6)39)28(43-20(5)38)27(46-32)15-42-19(4)37/h12,14,17,24-30,32H,3,8-11,13,15H2,1-2,4-7H3,(H,33,41)/t17-,24+,25+,26+,27-,28-,29+,30-,32-/m1/s1. The summed E-state index contributed by atoms with van der Waals surface area (Å²) in [5, 5.41) is 11.2. The minimum atomic E-state index is -1.35. The number of ether oxygens (including phenoxy) is 5. The molecule has 1 N–H and O–H groups in total. The molecule has 1 aliphatic heterocycles. The number of hydrogen-bond donors (Lipinski definition) is 1. The minimum Gasteiger partial charge on any atom is -0.463 e. The number of nitrogens with one attached hydrogen (secondary N) is 1. The Bertz CT molecular complexity index is 1370. The number of nitrogens with zero attached hydrogens (tertiary/aromatic N) is 3. The molecular formula is C32H44N4O10. The second-order valence-electron chi connectivity index (χ2n) is 12.4. The Morgan fingerprint density at radius 3 is 2.26 bits per heavy atom. The van der Waals surface area contributed by atoms with E-state index in [0.717, 1.165) is 46.5 Å². The van der Waals surface area contributed by atoms with Crippen LogP contribution in [0.2, 0.25) is 0 Å². The Labute approximate surface area is 268 Å². The fraction of sp³-hybridized carbons (Fsp3) is 0.656. The average molecular weight is 645 g/mol. The summed E-state index contributed by atoms with van der Waals surface area (Å²) in [5.74, 6) is -1.61. The van der Waals surface area contributed by atoms with E-state index in [2.05, 4.69) is 42.1 Å². The molecule has 0 unspecified atom stereocenters. The van der Waals surface area contributed by atoms with Gasteiger partial charge in [0.25, 0.3) is 0 Å². The molecule has 1 aromatic heterocycles. The number of carbonyl (C=O) groups excluding carboxylic acids is 5. The van der Waals surface area contributed by atoms with E-state index < -0.39 is 54.5 Å². The molecule has 0 bridgehead atoms. The Morgan fingerprint density at radius 2 is 1.61 bits per heavy atom. The summed E-state index contributed by atoms with van der Waals surface area (Å²) in [7, 11) is 0. The highest BCUT2D eigenvalue weighted by atomic mass is 16.7. The van der Waals surface area contributed by atoms with Crippen LogP contribution >= 0.6 is 0 Å². The number of amides is 1. The van der Waals surface area contributed by atoms with Crippen molar-refractivity contribution in [1.82, 2.24) is 20.3 Å². The van der Waals surface area contributed by atoms with Crippen LogP contribution in [0.1, 0.15) is 79.1 Å². The van der Waals surface area contributed by atoms with Gasteiger partial charge in [0.05, 0.1) is 12.7 Å². The molecule has 252 valence electrons. The topological polar surface area (TPSA) is 174 Å². The highest BCUT2D eigenvalue weighted by Crippen LogP contribution is 2.47.